The lowest BCUT2D eigenvalue weighted by molar-refractivity contribution is 0.122. The number of thiophene rings is 1. The van der Waals surface area contributed by atoms with Crippen molar-refractivity contribution in [3.8, 4) is 11.5 Å². The second-order valence-corrected chi connectivity index (χ2v) is 7.97. The lowest BCUT2D eigenvalue weighted by atomic mass is 10.1. The van der Waals surface area contributed by atoms with Gasteiger partial charge in [0.25, 0.3) is 0 Å². The fourth-order valence-corrected chi connectivity index (χ4v) is 4.73. The van der Waals surface area contributed by atoms with Gasteiger partial charge in [0.2, 0.25) is 6.79 Å². The Bertz CT molecular complexity index is 735. The average molecular weight is 359 g/mol. The van der Waals surface area contributed by atoms with Crippen LogP contribution in [0.3, 0.4) is 0 Å². The molecular formula is C20H26N2O2S. The number of ether oxygens (including phenoxy) is 2. The first-order chi connectivity index (χ1) is 12.2. The van der Waals surface area contributed by atoms with E-state index in [4.69, 9.17) is 9.47 Å². The molecule has 134 valence electrons. The van der Waals surface area contributed by atoms with E-state index >= 15 is 0 Å². The Morgan fingerprint density at radius 2 is 1.72 bits per heavy atom. The molecule has 0 unspecified atom stereocenters. The third kappa shape index (κ3) is 3.68. The van der Waals surface area contributed by atoms with Crippen molar-refractivity contribution in [1.82, 2.24) is 9.80 Å². The number of hydrogen-bond acceptors (Lipinski definition) is 5. The maximum absolute atomic E-state index is 5.49. The molecule has 0 amide bonds. The maximum Gasteiger partial charge on any atom is 0.231 e. The first kappa shape index (κ1) is 16.9. The first-order valence-electron chi connectivity index (χ1n) is 9.12. The van der Waals surface area contributed by atoms with Gasteiger partial charge in [0, 0.05) is 44.1 Å². The van der Waals surface area contributed by atoms with Crippen LogP contribution >= 0.6 is 11.3 Å². The van der Waals surface area contributed by atoms with E-state index in [-0.39, 0.29) is 0 Å². The minimum absolute atomic E-state index is 0.346. The summed E-state index contributed by atoms with van der Waals surface area (Å²) in [5, 5.41) is 2.35. The second-order valence-electron chi connectivity index (χ2n) is 6.89. The van der Waals surface area contributed by atoms with E-state index in [1.54, 1.807) is 5.56 Å². The Balaban J connectivity index is 1.31. The predicted molar refractivity (Wildman–Crippen MR) is 102 cm³/mol. The van der Waals surface area contributed by atoms with Crippen LogP contribution in [0.25, 0.3) is 0 Å². The SMILES string of the molecule is CCc1c(CN2CCN(Cc3ccc4c(c3)OCO4)CC2)csc1C. The molecular weight excluding hydrogens is 332 g/mol. The largest absolute Gasteiger partial charge is 0.454 e. The van der Waals surface area contributed by atoms with E-state index in [1.165, 1.54) is 16.0 Å². The van der Waals surface area contributed by atoms with Crippen LogP contribution in [-0.2, 0) is 19.5 Å². The summed E-state index contributed by atoms with van der Waals surface area (Å²) >= 11 is 1.90. The fourth-order valence-electron chi connectivity index (χ4n) is 3.78. The molecule has 4 nitrogen and oxygen atoms in total. The Hall–Kier alpha value is -1.56. The molecule has 0 bridgehead atoms. The highest BCUT2D eigenvalue weighted by molar-refractivity contribution is 7.10. The molecule has 5 heteroatoms. The number of aryl methyl sites for hydroxylation is 1. The molecule has 1 aromatic carbocycles. The molecule has 2 aliphatic heterocycles. The molecule has 0 saturated carbocycles. The molecule has 3 heterocycles. The van der Waals surface area contributed by atoms with Crippen LogP contribution < -0.4 is 9.47 Å². The molecule has 1 aromatic heterocycles. The van der Waals surface area contributed by atoms with Crippen LogP contribution in [-0.4, -0.2) is 42.8 Å². The molecule has 2 aromatic rings. The second kappa shape index (κ2) is 7.36. The van der Waals surface area contributed by atoms with E-state index in [1.807, 2.05) is 17.4 Å². The minimum atomic E-state index is 0.346. The zero-order valence-electron chi connectivity index (χ0n) is 15.1. The zero-order valence-corrected chi connectivity index (χ0v) is 15.9. The van der Waals surface area contributed by atoms with Gasteiger partial charge in [-0.2, -0.15) is 0 Å². The van der Waals surface area contributed by atoms with Crippen LogP contribution in [0.1, 0.15) is 28.5 Å². The van der Waals surface area contributed by atoms with Crippen LogP contribution in [0.2, 0.25) is 0 Å². The molecule has 1 fully saturated rings. The van der Waals surface area contributed by atoms with Gasteiger partial charge in [-0.1, -0.05) is 13.0 Å². The summed E-state index contributed by atoms with van der Waals surface area (Å²) in [5.41, 5.74) is 4.40. The maximum atomic E-state index is 5.49. The molecule has 0 spiro atoms. The molecule has 0 aliphatic carbocycles. The average Bonchev–Trinajstić information content (AvgIpc) is 3.22. The summed E-state index contributed by atoms with van der Waals surface area (Å²) in [6, 6.07) is 6.30. The van der Waals surface area contributed by atoms with E-state index in [9.17, 15) is 0 Å². The monoisotopic (exact) mass is 358 g/mol. The molecule has 4 rings (SSSR count). The van der Waals surface area contributed by atoms with E-state index in [0.29, 0.717) is 6.79 Å². The topological polar surface area (TPSA) is 24.9 Å². The quantitative estimate of drug-likeness (QED) is 0.814. The first-order valence-corrected chi connectivity index (χ1v) is 10.00. The van der Waals surface area contributed by atoms with Gasteiger partial charge in [0.1, 0.15) is 0 Å². The van der Waals surface area contributed by atoms with Crippen LogP contribution in [0.5, 0.6) is 11.5 Å². The Morgan fingerprint density at radius 3 is 2.48 bits per heavy atom. The number of piperazine rings is 1. The number of hydrogen-bond donors (Lipinski definition) is 0. The third-order valence-corrected chi connectivity index (χ3v) is 6.25. The standard InChI is InChI=1S/C20H26N2O2S/c1-3-18-15(2)25-13-17(18)12-22-8-6-21(7-9-22)11-16-4-5-19-20(10-16)24-14-23-19/h4-5,10,13H,3,6-9,11-12,14H2,1-2H3. The van der Waals surface area contributed by atoms with Gasteiger partial charge in [0.15, 0.2) is 11.5 Å². The summed E-state index contributed by atoms with van der Waals surface area (Å²) < 4.78 is 10.9. The van der Waals surface area contributed by atoms with E-state index in [2.05, 4.69) is 41.2 Å². The van der Waals surface area contributed by atoms with Crippen molar-refractivity contribution in [2.45, 2.75) is 33.4 Å². The van der Waals surface area contributed by atoms with Crippen LogP contribution in [0.4, 0.5) is 0 Å². The smallest absolute Gasteiger partial charge is 0.231 e. The van der Waals surface area contributed by atoms with Crippen molar-refractivity contribution in [1.29, 1.82) is 0 Å². The van der Waals surface area contributed by atoms with Gasteiger partial charge in [-0.15, -0.1) is 11.3 Å². The number of fused-ring (bicyclic) bond motifs is 1. The van der Waals surface area contributed by atoms with Crippen molar-refractivity contribution in [2.24, 2.45) is 0 Å². The zero-order chi connectivity index (χ0) is 17.2. The normalized spacial score (nSPS) is 18.0. The minimum Gasteiger partial charge on any atom is -0.454 e. The highest BCUT2D eigenvalue weighted by Crippen LogP contribution is 2.33. The van der Waals surface area contributed by atoms with Gasteiger partial charge < -0.3 is 9.47 Å². The Morgan fingerprint density at radius 1 is 1.00 bits per heavy atom. The summed E-state index contributed by atoms with van der Waals surface area (Å²) in [5.74, 6) is 1.75. The molecule has 25 heavy (non-hydrogen) atoms. The molecule has 1 saturated heterocycles. The van der Waals surface area contributed by atoms with Gasteiger partial charge >= 0.3 is 0 Å². The van der Waals surface area contributed by atoms with Gasteiger partial charge in [0.05, 0.1) is 0 Å². The van der Waals surface area contributed by atoms with Crippen molar-refractivity contribution in [2.75, 3.05) is 33.0 Å². The number of benzene rings is 1. The van der Waals surface area contributed by atoms with Gasteiger partial charge in [-0.05, 0) is 47.5 Å². The molecule has 0 N–H and O–H groups in total. The van der Waals surface area contributed by atoms with Gasteiger partial charge in [-0.25, -0.2) is 0 Å². The van der Waals surface area contributed by atoms with Crippen LogP contribution in [0.15, 0.2) is 23.6 Å². The summed E-state index contributed by atoms with van der Waals surface area (Å²) in [6.07, 6.45) is 1.15. The highest BCUT2D eigenvalue weighted by Gasteiger charge is 2.20. The summed E-state index contributed by atoms with van der Waals surface area (Å²) in [7, 11) is 0. The van der Waals surface area contributed by atoms with Crippen molar-refractivity contribution < 1.29 is 9.47 Å². The van der Waals surface area contributed by atoms with Crippen molar-refractivity contribution in [3.63, 3.8) is 0 Å². The molecule has 0 atom stereocenters. The van der Waals surface area contributed by atoms with Crippen molar-refractivity contribution in [3.05, 3.63) is 45.1 Å². The third-order valence-electron chi connectivity index (χ3n) is 5.25. The number of rotatable bonds is 5. The van der Waals surface area contributed by atoms with E-state index < -0.39 is 0 Å². The number of nitrogens with zero attached hydrogens (tertiary/aromatic N) is 2. The lowest BCUT2D eigenvalue weighted by Crippen LogP contribution is -2.45. The lowest BCUT2D eigenvalue weighted by Gasteiger charge is -2.34. The highest BCUT2D eigenvalue weighted by atomic mass is 32.1. The Labute approximate surface area is 154 Å². The van der Waals surface area contributed by atoms with Gasteiger partial charge in [-0.3, -0.25) is 9.80 Å². The summed E-state index contributed by atoms with van der Waals surface area (Å²) in [4.78, 5) is 6.61. The fraction of sp³-hybridized carbons (Fsp3) is 0.500. The molecule has 2 aliphatic rings. The predicted octanol–water partition coefficient (Wildman–Crippen LogP) is 3.67. The van der Waals surface area contributed by atoms with Crippen molar-refractivity contribution >= 4 is 11.3 Å². The molecule has 0 radical (unpaired) electrons. The van der Waals surface area contributed by atoms with Crippen LogP contribution in [0, 0.1) is 6.92 Å². The van der Waals surface area contributed by atoms with E-state index in [0.717, 1.165) is 57.2 Å². The summed E-state index contributed by atoms with van der Waals surface area (Å²) in [6.45, 7) is 11.5. The Kier molecular flexibility index (Phi) is 4.97.